The first-order valence-electron chi connectivity index (χ1n) is 14.5. The first-order valence-corrected chi connectivity index (χ1v) is 15.3. The molecule has 0 saturated heterocycles. The van der Waals surface area contributed by atoms with Gasteiger partial charge in [0, 0.05) is 34.5 Å². The lowest BCUT2D eigenvalue weighted by atomic mass is 10.1. The number of aryl methyl sites for hydroxylation is 1. The molecule has 5 rings (SSSR count). The van der Waals surface area contributed by atoms with Crippen molar-refractivity contribution in [3.05, 3.63) is 95.3 Å². The molecule has 0 unspecified atom stereocenters. The predicted octanol–water partition coefficient (Wildman–Crippen LogP) is 7.87. The summed E-state index contributed by atoms with van der Waals surface area (Å²) >= 11 is 1.81. The second-order valence-corrected chi connectivity index (χ2v) is 13.4. The van der Waals surface area contributed by atoms with E-state index in [2.05, 4.69) is 72.9 Å². The average Bonchev–Trinajstić information content (AvgIpc) is 3.33. The number of pyridine rings is 1. The van der Waals surface area contributed by atoms with Crippen LogP contribution in [0.1, 0.15) is 63.1 Å². The highest BCUT2D eigenvalue weighted by molar-refractivity contribution is 8.00. The van der Waals surface area contributed by atoms with E-state index in [0.29, 0.717) is 18.9 Å². The Labute approximate surface area is 251 Å². The summed E-state index contributed by atoms with van der Waals surface area (Å²) in [5, 5.41) is 3.93. The van der Waals surface area contributed by atoms with E-state index in [-0.39, 0.29) is 11.4 Å². The molecular formula is C34H39N5O2S. The first-order chi connectivity index (χ1) is 20.2. The number of carbonyl (C=O) groups excluding carboxylic acids is 1. The summed E-state index contributed by atoms with van der Waals surface area (Å²) in [5.74, 6) is 1.46. The van der Waals surface area contributed by atoms with Crippen molar-refractivity contribution >= 4 is 45.6 Å². The Hall–Kier alpha value is -4.04. The Morgan fingerprint density at radius 3 is 2.50 bits per heavy atom. The third-order valence-corrected chi connectivity index (χ3v) is 8.05. The van der Waals surface area contributed by atoms with E-state index in [4.69, 9.17) is 15.5 Å². The fraction of sp³-hybridized carbons (Fsp3) is 0.324. The number of rotatable bonds is 10. The van der Waals surface area contributed by atoms with Gasteiger partial charge in [-0.15, -0.1) is 11.8 Å². The third kappa shape index (κ3) is 7.23. The molecule has 0 saturated carbocycles. The van der Waals surface area contributed by atoms with Crippen LogP contribution in [0.3, 0.4) is 0 Å². The van der Waals surface area contributed by atoms with Gasteiger partial charge in [-0.2, -0.15) is 0 Å². The SMILES string of the molecule is CCCCc1nc2c(N)nc3ccccc3c2n1Cc1cccc(CNC(=O)OCc2ccc(SC(C)(C)C)cc2)c1. The molecule has 7 nitrogen and oxygen atoms in total. The second-order valence-electron chi connectivity index (χ2n) is 11.5. The van der Waals surface area contributed by atoms with Crippen LogP contribution < -0.4 is 11.1 Å². The number of nitrogens with zero attached hydrogens (tertiary/aromatic N) is 3. The van der Waals surface area contributed by atoms with E-state index in [1.54, 1.807) is 0 Å². The number of ether oxygens (including phenoxy) is 1. The number of benzene rings is 3. The average molecular weight is 582 g/mol. The number of thioether (sulfide) groups is 1. The van der Waals surface area contributed by atoms with Crippen molar-refractivity contribution in [2.75, 3.05) is 5.73 Å². The Bertz CT molecular complexity index is 1690. The van der Waals surface area contributed by atoms with Crippen molar-refractivity contribution in [1.82, 2.24) is 19.9 Å². The highest BCUT2D eigenvalue weighted by Crippen LogP contribution is 2.32. The van der Waals surface area contributed by atoms with Crippen molar-refractivity contribution in [3.63, 3.8) is 0 Å². The molecule has 0 radical (unpaired) electrons. The molecule has 2 heterocycles. The molecule has 0 bridgehead atoms. The van der Waals surface area contributed by atoms with Gasteiger partial charge in [-0.05, 0) is 41.3 Å². The third-order valence-electron chi connectivity index (χ3n) is 6.93. The van der Waals surface area contributed by atoms with E-state index in [0.717, 1.165) is 63.7 Å². The number of carbonyl (C=O) groups is 1. The minimum absolute atomic E-state index is 0.152. The summed E-state index contributed by atoms with van der Waals surface area (Å²) < 4.78 is 7.90. The zero-order valence-corrected chi connectivity index (χ0v) is 25.6. The van der Waals surface area contributed by atoms with E-state index in [1.165, 1.54) is 4.90 Å². The summed E-state index contributed by atoms with van der Waals surface area (Å²) in [6.45, 7) is 10.00. The fourth-order valence-corrected chi connectivity index (χ4v) is 5.98. The maximum absolute atomic E-state index is 12.5. The molecule has 3 aromatic carbocycles. The lowest BCUT2D eigenvalue weighted by molar-refractivity contribution is 0.139. The van der Waals surface area contributed by atoms with Crippen molar-refractivity contribution in [3.8, 4) is 0 Å². The van der Waals surface area contributed by atoms with Crippen molar-refractivity contribution in [2.45, 2.75) is 76.3 Å². The summed E-state index contributed by atoms with van der Waals surface area (Å²) in [5.41, 5.74) is 12.1. The number of hydrogen-bond acceptors (Lipinski definition) is 6. The number of nitrogens with two attached hydrogens (primary N) is 1. The van der Waals surface area contributed by atoms with Crippen LogP contribution in [0.4, 0.5) is 10.6 Å². The molecular weight excluding hydrogens is 542 g/mol. The summed E-state index contributed by atoms with van der Waals surface area (Å²) in [7, 11) is 0. The monoisotopic (exact) mass is 581 g/mol. The van der Waals surface area contributed by atoms with Gasteiger partial charge in [0.25, 0.3) is 0 Å². The van der Waals surface area contributed by atoms with Crippen LogP contribution in [0, 0.1) is 0 Å². The van der Waals surface area contributed by atoms with Gasteiger partial charge in [-0.1, -0.05) is 88.7 Å². The molecule has 218 valence electrons. The van der Waals surface area contributed by atoms with E-state index < -0.39 is 6.09 Å². The summed E-state index contributed by atoms with van der Waals surface area (Å²) in [6.07, 6.45) is 2.55. The fourth-order valence-electron chi connectivity index (χ4n) is 5.00. The minimum Gasteiger partial charge on any atom is -0.445 e. The van der Waals surface area contributed by atoms with Crippen LogP contribution in [-0.2, 0) is 30.9 Å². The van der Waals surface area contributed by atoms with Crippen molar-refractivity contribution in [2.24, 2.45) is 0 Å². The lowest BCUT2D eigenvalue weighted by Gasteiger charge is -2.17. The normalized spacial score (nSPS) is 11.7. The van der Waals surface area contributed by atoms with E-state index in [9.17, 15) is 4.79 Å². The Morgan fingerprint density at radius 2 is 1.74 bits per heavy atom. The Balaban J connectivity index is 1.27. The van der Waals surface area contributed by atoms with Gasteiger partial charge in [-0.25, -0.2) is 14.8 Å². The van der Waals surface area contributed by atoms with Gasteiger partial charge < -0.3 is 20.4 Å². The van der Waals surface area contributed by atoms with Gasteiger partial charge in [-0.3, -0.25) is 0 Å². The Kier molecular flexibility index (Phi) is 9.02. The number of alkyl carbamates (subject to hydrolysis) is 1. The Morgan fingerprint density at radius 1 is 0.976 bits per heavy atom. The number of unbranched alkanes of at least 4 members (excludes halogenated alkanes) is 1. The summed E-state index contributed by atoms with van der Waals surface area (Å²) in [6, 6.07) is 24.5. The number of hydrogen-bond donors (Lipinski definition) is 2. The molecule has 0 aliphatic heterocycles. The van der Waals surface area contributed by atoms with Crippen molar-refractivity contribution in [1.29, 1.82) is 0 Å². The maximum Gasteiger partial charge on any atom is 0.407 e. The molecule has 2 aromatic heterocycles. The number of para-hydroxylation sites is 1. The molecule has 5 aromatic rings. The predicted molar refractivity (Wildman–Crippen MR) is 173 cm³/mol. The van der Waals surface area contributed by atoms with Crippen LogP contribution in [0.2, 0.25) is 0 Å². The number of fused-ring (bicyclic) bond motifs is 3. The molecule has 3 N–H and O–H groups in total. The van der Waals surface area contributed by atoms with Gasteiger partial charge in [0.05, 0.1) is 11.0 Å². The van der Waals surface area contributed by atoms with Crippen LogP contribution >= 0.6 is 11.8 Å². The quantitative estimate of drug-likeness (QED) is 0.163. The first kappa shape index (κ1) is 29.5. The summed E-state index contributed by atoms with van der Waals surface area (Å²) in [4.78, 5) is 23.2. The van der Waals surface area contributed by atoms with E-state index >= 15 is 0 Å². The number of nitrogens with one attached hydrogen (secondary N) is 1. The van der Waals surface area contributed by atoms with Gasteiger partial charge in [0.2, 0.25) is 0 Å². The molecule has 0 aliphatic rings. The largest absolute Gasteiger partial charge is 0.445 e. The smallest absolute Gasteiger partial charge is 0.407 e. The van der Waals surface area contributed by atoms with Gasteiger partial charge >= 0.3 is 6.09 Å². The number of anilines is 1. The van der Waals surface area contributed by atoms with Crippen LogP contribution in [-0.4, -0.2) is 25.4 Å². The molecule has 0 spiro atoms. The molecule has 42 heavy (non-hydrogen) atoms. The molecule has 0 atom stereocenters. The van der Waals surface area contributed by atoms with Crippen LogP contribution in [0.5, 0.6) is 0 Å². The lowest BCUT2D eigenvalue weighted by Crippen LogP contribution is -2.23. The number of nitrogen functional groups attached to an aromatic ring is 1. The number of aromatic nitrogens is 3. The van der Waals surface area contributed by atoms with Crippen LogP contribution in [0.25, 0.3) is 21.9 Å². The number of imidazole rings is 1. The molecule has 0 fully saturated rings. The zero-order valence-electron chi connectivity index (χ0n) is 24.8. The molecule has 1 amide bonds. The second kappa shape index (κ2) is 12.9. The molecule has 8 heteroatoms. The highest BCUT2D eigenvalue weighted by atomic mass is 32.2. The van der Waals surface area contributed by atoms with Gasteiger partial charge in [0.15, 0.2) is 5.82 Å². The maximum atomic E-state index is 12.5. The minimum atomic E-state index is -0.439. The molecule has 0 aliphatic carbocycles. The zero-order chi connectivity index (χ0) is 29.7. The van der Waals surface area contributed by atoms with Gasteiger partial charge in [0.1, 0.15) is 17.9 Å². The highest BCUT2D eigenvalue weighted by Gasteiger charge is 2.18. The number of amides is 1. The standard InChI is InChI=1S/C34H39N5O2S/c1-5-6-14-29-38-30-31(27-12-7-8-13-28(27)37-32(30)35)39(29)21-25-11-9-10-24(19-25)20-36-33(40)41-22-23-15-17-26(18-16-23)42-34(2,3)4/h7-13,15-19H,5-6,14,20-22H2,1-4H3,(H2,35,37)(H,36,40). The van der Waals surface area contributed by atoms with Crippen LogP contribution in [0.15, 0.2) is 77.7 Å². The van der Waals surface area contributed by atoms with Crippen molar-refractivity contribution < 1.29 is 9.53 Å². The van der Waals surface area contributed by atoms with E-state index in [1.807, 2.05) is 54.2 Å². The topological polar surface area (TPSA) is 95.1 Å².